The molecule has 91 heavy (non-hydrogen) atoms. The lowest BCUT2D eigenvalue weighted by molar-refractivity contribution is -0.428. The molecule has 0 amide bonds. The highest BCUT2D eigenvalue weighted by molar-refractivity contribution is 5.17. The Morgan fingerprint density at radius 3 is 0.747 bits per heavy atom. The monoisotopic (exact) mass is 1320 g/mol. The Hall–Kier alpha value is -2.18. The summed E-state index contributed by atoms with van der Waals surface area (Å²) in [4.78, 5) is 0. The largest absolute Gasteiger partial charge is 0.387 e. The molecule has 0 aromatic heterocycles. The van der Waals surface area contributed by atoms with Crippen LogP contribution < -0.4 is 0 Å². The van der Waals surface area contributed by atoms with Crippen molar-refractivity contribution in [3.8, 4) is 0 Å². The lowest BCUT2D eigenvalue weighted by Gasteiger charge is -2.53. The highest BCUT2D eigenvalue weighted by Gasteiger charge is 2.61. The van der Waals surface area contributed by atoms with Gasteiger partial charge in [-0.3, -0.25) is 0 Å². The number of ether oxygens (including phenoxy) is 23. The topological polar surface area (TPSA) is 455 Å². The van der Waals surface area contributed by atoms with E-state index in [9.17, 15) is 61.3 Å². The summed E-state index contributed by atoms with van der Waals surface area (Å²) in [6.45, 7) is -2.46. The zero-order valence-electron chi connectivity index (χ0n) is 50.9. The maximum atomic E-state index is 12.6. The predicted octanol–water partition coefficient (Wildman–Crippen LogP) is -7.89. The summed E-state index contributed by atoms with van der Waals surface area (Å²) in [6, 6.07) is 8.37. The van der Waals surface area contributed by atoms with Gasteiger partial charge in [0.05, 0.1) is 46.2 Å². The molecule has 0 aliphatic carbocycles. The molecule has 24 aliphatic heterocycles. The lowest BCUT2D eigenvalue weighted by Crippen LogP contribution is -2.70. The van der Waals surface area contributed by atoms with Crippen molar-refractivity contribution in [1.29, 1.82) is 0 Å². The predicted molar refractivity (Wildman–Crippen MR) is 289 cm³/mol. The molecule has 0 spiro atoms. The quantitative estimate of drug-likeness (QED) is 0.0776. The second kappa shape index (κ2) is 32.0. The van der Waals surface area contributed by atoms with Gasteiger partial charge in [0.1, 0.15) is 171 Å². The molecule has 16 bridgehead atoms. The molecule has 36 atom stereocenters. The molecule has 35 nitrogen and oxygen atoms in total. The lowest BCUT2D eigenvalue weighted by atomic mass is 9.94. The molecule has 0 saturated carbocycles. The van der Waals surface area contributed by atoms with Crippen molar-refractivity contribution in [1.82, 2.24) is 0 Å². The van der Waals surface area contributed by atoms with Gasteiger partial charge in [0.15, 0.2) is 50.3 Å². The summed E-state index contributed by atoms with van der Waals surface area (Å²) >= 11 is 0. The van der Waals surface area contributed by atoms with E-state index in [2.05, 4.69) is 0 Å². The third-order valence-corrected chi connectivity index (χ3v) is 17.4. The van der Waals surface area contributed by atoms with Crippen LogP contribution in [0, 0.1) is 0 Å². The van der Waals surface area contributed by atoms with Crippen LogP contribution in [0.1, 0.15) is 11.9 Å². The maximum Gasteiger partial charge on any atom is 0.187 e. The van der Waals surface area contributed by atoms with E-state index < -0.39 is 221 Å². The molecular weight excluding hydrogens is 1230 g/mol. The van der Waals surface area contributed by atoms with Crippen molar-refractivity contribution in [2.24, 2.45) is 0 Å². The van der Waals surface area contributed by atoms with Crippen LogP contribution >= 0.6 is 0 Å². The van der Waals surface area contributed by atoms with Crippen molar-refractivity contribution < 1.29 is 170 Å². The van der Waals surface area contributed by atoms with E-state index in [1.807, 2.05) is 0 Å². The van der Waals surface area contributed by atoms with Crippen molar-refractivity contribution in [2.45, 2.75) is 221 Å². The van der Waals surface area contributed by atoms with E-state index in [4.69, 9.17) is 109 Å². The maximum absolute atomic E-state index is 12.6. The van der Waals surface area contributed by atoms with Gasteiger partial charge >= 0.3 is 0 Å². The Kier molecular flexibility index (Phi) is 25.2. The van der Waals surface area contributed by atoms with Gasteiger partial charge in [-0.1, -0.05) is 30.3 Å². The molecule has 24 saturated heterocycles. The zero-order chi connectivity index (χ0) is 65.1. The molecule has 25 rings (SSSR count). The van der Waals surface area contributed by atoms with Gasteiger partial charge in [0.2, 0.25) is 0 Å². The SMILES string of the molecule is COC[C@H]1O[C@@H]2O[C@H]3[C@H](O)[C@@H](O)[C@@H](O[C@H]4[C@H](O)[C@@H](O)[C@@H](O[C@H]5[C@H](O)[C@H]6OC(c7ccccc7)O[C@@H]7[C@@H](O)[C@@H](O[C@H]8[C@H](O)[C@@H](O)[C@@H](O[C@H]9[C@H](O)[C@@H](O)[C@@H](O[C@H]1[C@H](O)[C@H]2O)O[C@@H]9COC)O[C@@H]8COC)O[C@H](COC)[C@H]7O[C@H]6O[C@@H]5COC)O[C@@H]4COC)O[C@@H]3COC. The van der Waals surface area contributed by atoms with E-state index in [0.29, 0.717) is 5.56 Å². The average molecular weight is 1320 g/mol. The second-order valence-electron chi connectivity index (χ2n) is 23.5. The van der Waals surface area contributed by atoms with E-state index in [0.717, 1.165) is 0 Å². The molecule has 1 aromatic rings. The first-order valence-corrected chi connectivity index (χ1v) is 29.9. The van der Waals surface area contributed by atoms with E-state index in [-0.39, 0.29) is 46.2 Å². The first-order chi connectivity index (χ1) is 43.8. The summed E-state index contributed by atoms with van der Waals surface area (Å²) in [5, 5.41) is 143. The zero-order valence-corrected chi connectivity index (χ0v) is 50.9. The molecule has 522 valence electrons. The molecule has 0 radical (unpaired) electrons. The first kappa shape index (κ1) is 71.6. The number of methoxy groups -OCH3 is 7. The molecule has 24 heterocycles. The Balaban J connectivity index is 1.01. The van der Waals surface area contributed by atoms with Crippen molar-refractivity contribution in [3.05, 3.63) is 35.9 Å². The number of rotatable bonds is 15. The van der Waals surface area contributed by atoms with Crippen LogP contribution in [-0.4, -0.2) is 372 Å². The van der Waals surface area contributed by atoms with Crippen LogP contribution in [0.5, 0.6) is 0 Å². The number of hydrogen-bond donors (Lipinski definition) is 12. The van der Waals surface area contributed by atoms with Gasteiger partial charge in [0.25, 0.3) is 0 Å². The molecule has 24 aliphatic rings. The minimum Gasteiger partial charge on any atom is -0.387 e. The molecule has 1 aromatic carbocycles. The van der Waals surface area contributed by atoms with Crippen LogP contribution in [0.3, 0.4) is 0 Å². The Labute approximate surface area is 522 Å². The molecule has 12 N–H and O–H groups in total. The second-order valence-corrected chi connectivity index (χ2v) is 23.5. The Bertz CT molecular complexity index is 2350. The summed E-state index contributed by atoms with van der Waals surface area (Å²) in [5.41, 5.74) is 0.360. The normalized spacial score (nSPS) is 50.1. The van der Waals surface area contributed by atoms with Gasteiger partial charge in [-0.15, -0.1) is 0 Å². The van der Waals surface area contributed by atoms with Crippen LogP contribution in [-0.2, 0) is 109 Å². The minimum atomic E-state index is -2.04. The first-order valence-electron chi connectivity index (χ1n) is 29.9. The summed E-state index contributed by atoms with van der Waals surface area (Å²) in [5.74, 6) is 0. The average Bonchev–Trinajstić information content (AvgIpc) is 0.826. The van der Waals surface area contributed by atoms with E-state index in [1.165, 1.54) is 49.8 Å². The highest BCUT2D eigenvalue weighted by Crippen LogP contribution is 2.43. The van der Waals surface area contributed by atoms with E-state index >= 15 is 0 Å². The fourth-order valence-corrected chi connectivity index (χ4v) is 12.8. The Morgan fingerprint density at radius 2 is 0.462 bits per heavy atom. The van der Waals surface area contributed by atoms with Crippen molar-refractivity contribution in [2.75, 3.05) is 96.0 Å². The number of aliphatic hydroxyl groups is 12. The third-order valence-electron chi connectivity index (χ3n) is 17.4. The van der Waals surface area contributed by atoms with Crippen LogP contribution in [0.4, 0.5) is 0 Å². The molecule has 35 heteroatoms. The standard InChI is InChI=1S/C56H88O35/c1-69-13-21-40-28(57)33(62)50(76-21)84-41-22(14-70-2)78-52(35(64)29(41)58)86-43-24(16-72-4)80-54(37(66)31(43)60)88-45-26(18-74-6)82-56-48(38(45)67)91-49(20-11-9-8-10-12-20)90-47-39(68)55(81-27(19-75-7)46(47)89-56)87-44-25(17-73-5)79-53(36(65)32(44)61)85-42-23(15-71-3)77-51(83-40)34(63)30(42)59/h8-12,21-68H,13-19H2,1-7H3/t21-,22-,23-,24-,25-,26-,27-,28-,29-,30-,31-,32-,33-,34-,35-,36-,37-,38+,39-,40-,41-,42-,43-,44-,45-,46-,47-,48-,49?,50-,51-,52-,53-,54-,55-,56-/m1/s1. The summed E-state index contributed by atoms with van der Waals surface area (Å²) < 4.78 is 139. The van der Waals surface area contributed by atoms with Crippen molar-refractivity contribution >= 4 is 0 Å². The smallest absolute Gasteiger partial charge is 0.187 e. The number of benzene rings is 1. The number of aliphatic hydroxyl groups excluding tert-OH is 12. The van der Waals surface area contributed by atoms with Gasteiger partial charge in [0, 0.05) is 55.3 Å². The molecule has 1 unspecified atom stereocenters. The summed E-state index contributed by atoms with van der Waals surface area (Å²) in [7, 11) is 9.14. The van der Waals surface area contributed by atoms with Crippen LogP contribution in [0.15, 0.2) is 30.3 Å². The van der Waals surface area contributed by atoms with Crippen LogP contribution in [0.2, 0.25) is 0 Å². The third kappa shape index (κ3) is 15.1. The fourth-order valence-electron chi connectivity index (χ4n) is 12.8. The highest BCUT2D eigenvalue weighted by atomic mass is 16.8. The molecule has 24 fully saturated rings. The van der Waals surface area contributed by atoms with Gasteiger partial charge in [-0.25, -0.2) is 0 Å². The fraction of sp³-hybridized carbons (Fsp3) is 0.893. The van der Waals surface area contributed by atoms with Crippen LogP contribution in [0.25, 0.3) is 0 Å². The summed E-state index contributed by atoms with van der Waals surface area (Å²) in [6.07, 6.45) is -61.3. The molecular formula is C56H88O35. The Morgan fingerprint density at radius 1 is 0.231 bits per heavy atom. The minimum absolute atomic E-state index is 0.274. The van der Waals surface area contributed by atoms with Gasteiger partial charge in [-0.05, 0) is 0 Å². The van der Waals surface area contributed by atoms with E-state index in [1.54, 1.807) is 30.3 Å². The number of hydrogen-bond acceptors (Lipinski definition) is 35. The van der Waals surface area contributed by atoms with Crippen molar-refractivity contribution in [3.63, 3.8) is 0 Å². The van der Waals surface area contributed by atoms with Gasteiger partial charge < -0.3 is 170 Å². The van der Waals surface area contributed by atoms with Gasteiger partial charge in [-0.2, -0.15) is 0 Å².